The molecule has 3 aliphatic heterocycles. The standard InChI is InChI=1S/C20H13BrO5/c21-12-7-4-8-2-1-3-11-14(8)19(12)9-5-6-10(22)13-15(9)20(25-11,26-19)18-17(24-18)16(13)23/h1-3,5-6,12,17-18,22H,4,7H2/t12-,17+,18+,19?,20+/m1/s1. The predicted octanol–water partition coefficient (Wildman–Crippen LogP) is 2.88. The molecule has 2 bridgehead atoms. The van der Waals surface area contributed by atoms with Gasteiger partial charge in [-0.15, -0.1) is 0 Å². The van der Waals surface area contributed by atoms with Gasteiger partial charge in [-0.2, -0.15) is 0 Å². The van der Waals surface area contributed by atoms with Crippen molar-refractivity contribution in [1.82, 2.24) is 0 Å². The highest BCUT2D eigenvalue weighted by atomic mass is 79.9. The number of phenolic OH excluding ortho intramolecular Hbond substituents is 1. The molecule has 2 spiro atoms. The fourth-order valence-electron chi connectivity index (χ4n) is 5.45. The topological polar surface area (TPSA) is 68.3 Å². The van der Waals surface area contributed by atoms with Gasteiger partial charge in [0.1, 0.15) is 17.1 Å². The maximum absolute atomic E-state index is 12.8. The number of halogens is 1. The van der Waals surface area contributed by atoms with Crippen molar-refractivity contribution in [2.75, 3.05) is 0 Å². The zero-order valence-corrected chi connectivity index (χ0v) is 15.1. The van der Waals surface area contributed by atoms with E-state index in [1.807, 2.05) is 18.2 Å². The van der Waals surface area contributed by atoms with Crippen LogP contribution in [0.3, 0.4) is 0 Å². The smallest absolute Gasteiger partial charge is 0.269 e. The van der Waals surface area contributed by atoms with Crippen LogP contribution in [0.15, 0.2) is 30.3 Å². The fourth-order valence-corrected chi connectivity index (χ4v) is 6.24. The second-order valence-corrected chi connectivity index (χ2v) is 8.73. The van der Waals surface area contributed by atoms with E-state index in [1.54, 1.807) is 6.07 Å². The molecule has 1 N–H and O–H groups in total. The summed E-state index contributed by atoms with van der Waals surface area (Å²) in [5.74, 6) is -0.610. The van der Waals surface area contributed by atoms with Gasteiger partial charge in [0.05, 0.1) is 10.4 Å². The summed E-state index contributed by atoms with van der Waals surface area (Å²) in [7, 11) is 0. The van der Waals surface area contributed by atoms with E-state index in [1.165, 1.54) is 5.56 Å². The molecular formula is C20H13BrO5. The van der Waals surface area contributed by atoms with Crippen LogP contribution in [0, 0.1) is 0 Å². The third-order valence-corrected chi connectivity index (χ3v) is 7.57. The first-order chi connectivity index (χ1) is 12.6. The molecule has 2 aliphatic carbocycles. The minimum absolute atomic E-state index is 0.0376. The zero-order chi connectivity index (χ0) is 17.4. The average molecular weight is 413 g/mol. The van der Waals surface area contributed by atoms with Gasteiger partial charge in [0.2, 0.25) is 0 Å². The van der Waals surface area contributed by atoms with Crippen LogP contribution in [0.2, 0.25) is 0 Å². The van der Waals surface area contributed by atoms with E-state index in [4.69, 9.17) is 14.2 Å². The highest BCUT2D eigenvalue weighted by molar-refractivity contribution is 9.09. The lowest BCUT2D eigenvalue weighted by molar-refractivity contribution is -0.259. The summed E-state index contributed by atoms with van der Waals surface area (Å²) in [5, 5.41) is 10.5. The Morgan fingerprint density at radius 1 is 1.19 bits per heavy atom. The average Bonchev–Trinajstić information content (AvgIpc) is 3.41. The minimum Gasteiger partial charge on any atom is -0.507 e. The normalized spacial score (nSPS) is 39.6. The number of aromatic hydroxyl groups is 1. The summed E-state index contributed by atoms with van der Waals surface area (Å²) < 4.78 is 18.9. The number of alkyl halides is 1. The van der Waals surface area contributed by atoms with Crippen LogP contribution in [-0.4, -0.2) is 27.9 Å². The van der Waals surface area contributed by atoms with Gasteiger partial charge in [-0.25, -0.2) is 0 Å². The maximum atomic E-state index is 12.8. The monoisotopic (exact) mass is 412 g/mol. The van der Waals surface area contributed by atoms with Crippen LogP contribution in [0.4, 0.5) is 0 Å². The van der Waals surface area contributed by atoms with Crippen LogP contribution in [0.1, 0.15) is 39.0 Å². The van der Waals surface area contributed by atoms with Crippen molar-refractivity contribution in [2.24, 2.45) is 0 Å². The van der Waals surface area contributed by atoms with Gasteiger partial charge in [-0.05, 0) is 30.5 Å². The first kappa shape index (κ1) is 14.2. The second kappa shape index (κ2) is 4.01. The van der Waals surface area contributed by atoms with Crippen LogP contribution in [0.5, 0.6) is 11.5 Å². The van der Waals surface area contributed by atoms with Crippen molar-refractivity contribution >= 4 is 21.7 Å². The van der Waals surface area contributed by atoms with Crippen LogP contribution in [0.25, 0.3) is 0 Å². The van der Waals surface area contributed by atoms with Gasteiger partial charge >= 0.3 is 0 Å². The van der Waals surface area contributed by atoms with Gasteiger partial charge in [0.25, 0.3) is 5.79 Å². The zero-order valence-electron chi connectivity index (χ0n) is 13.5. The molecule has 6 heteroatoms. The molecule has 1 unspecified atom stereocenters. The fraction of sp³-hybridized carbons (Fsp3) is 0.350. The molecular weight excluding hydrogens is 400 g/mol. The van der Waals surface area contributed by atoms with Crippen molar-refractivity contribution in [3.05, 3.63) is 58.1 Å². The van der Waals surface area contributed by atoms with Crippen LogP contribution in [-0.2, 0) is 27.3 Å². The van der Waals surface area contributed by atoms with E-state index in [2.05, 4.69) is 22.0 Å². The molecule has 26 heavy (non-hydrogen) atoms. The molecule has 0 saturated carbocycles. The lowest BCUT2D eigenvalue weighted by Gasteiger charge is -2.47. The van der Waals surface area contributed by atoms with Gasteiger partial charge in [-0.3, -0.25) is 4.79 Å². The number of benzene rings is 2. The van der Waals surface area contributed by atoms with E-state index in [0.29, 0.717) is 5.56 Å². The number of ketones is 1. The third kappa shape index (κ3) is 1.24. The summed E-state index contributed by atoms with van der Waals surface area (Å²) in [6.07, 6.45) is 0.759. The van der Waals surface area contributed by atoms with Gasteiger partial charge in [0.15, 0.2) is 18.0 Å². The van der Waals surface area contributed by atoms with E-state index >= 15 is 0 Å². The lowest BCUT2D eigenvalue weighted by atomic mass is 9.73. The minimum atomic E-state index is -1.17. The number of Topliss-reactive ketones (excluding diaryl/α,β-unsaturated/α-hetero) is 1. The Morgan fingerprint density at radius 3 is 2.96 bits per heavy atom. The number of aryl methyl sites for hydroxylation is 1. The molecule has 2 aromatic rings. The van der Waals surface area contributed by atoms with E-state index in [9.17, 15) is 9.90 Å². The highest BCUT2D eigenvalue weighted by Crippen LogP contribution is 2.68. The Kier molecular flexibility index (Phi) is 2.19. The van der Waals surface area contributed by atoms with E-state index in [-0.39, 0.29) is 21.9 Å². The highest BCUT2D eigenvalue weighted by Gasteiger charge is 2.76. The Morgan fingerprint density at radius 2 is 2.08 bits per heavy atom. The molecule has 1 fully saturated rings. The molecule has 130 valence electrons. The number of carbonyl (C=O) groups excluding carboxylic acids is 1. The second-order valence-electron chi connectivity index (χ2n) is 7.63. The number of rotatable bonds is 0. The first-order valence-corrected chi connectivity index (χ1v) is 9.72. The van der Waals surface area contributed by atoms with Crippen molar-refractivity contribution < 1.29 is 24.1 Å². The third-order valence-electron chi connectivity index (χ3n) is 6.47. The molecule has 1 saturated heterocycles. The molecule has 2 aromatic carbocycles. The van der Waals surface area contributed by atoms with Crippen molar-refractivity contribution in [3.63, 3.8) is 0 Å². The first-order valence-electron chi connectivity index (χ1n) is 8.80. The maximum Gasteiger partial charge on any atom is 0.269 e. The number of phenols is 1. The summed E-state index contributed by atoms with van der Waals surface area (Å²) in [5.41, 5.74) is 3.34. The summed E-state index contributed by atoms with van der Waals surface area (Å²) in [6, 6.07) is 9.54. The number of ether oxygens (including phenoxy) is 3. The lowest BCUT2D eigenvalue weighted by Crippen LogP contribution is -2.53. The summed E-state index contributed by atoms with van der Waals surface area (Å²) >= 11 is 3.86. The van der Waals surface area contributed by atoms with Gasteiger partial charge < -0.3 is 19.3 Å². The molecule has 0 aromatic heterocycles. The SMILES string of the molecule is O=C1c2c(O)ccc3c2[C@@]2(Oc4cccc5c4C3(O2)[C@H](Br)CC5)[C@H]2O[C@@H]12. The van der Waals surface area contributed by atoms with E-state index in [0.717, 1.165) is 29.7 Å². The van der Waals surface area contributed by atoms with Crippen LogP contribution < -0.4 is 4.74 Å². The van der Waals surface area contributed by atoms with Gasteiger partial charge in [0, 0.05) is 16.7 Å². The van der Waals surface area contributed by atoms with Gasteiger partial charge in [-0.1, -0.05) is 34.1 Å². The number of fused-ring (bicyclic) bond motifs is 1. The molecule has 5 aliphatic rings. The van der Waals surface area contributed by atoms with Crippen molar-refractivity contribution in [1.29, 1.82) is 0 Å². The molecule has 0 radical (unpaired) electrons. The number of carbonyl (C=O) groups is 1. The summed E-state index contributed by atoms with van der Waals surface area (Å²) in [4.78, 5) is 12.8. The molecule has 5 atom stereocenters. The Bertz CT molecular complexity index is 1060. The van der Waals surface area contributed by atoms with Crippen molar-refractivity contribution in [2.45, 2.75) is 41.3 Å². The number of hydrogen-bond acceptors (Lipinski definition) is 5. The Hall–Kier alpha value is -1.89. The largest absolute Gasteiger partial charge is 0.507 e. The Balaban J connectivity index is 1.68. The quantitative estimate of drug-likeness (QED) is 0.532. The Labute approximate surface area is 157 Å². The summed E-state index contributed by atoms with van der Waals surface area (Å²) in [6.45, 7) is 0. The molecule has 0 amide bonds. The number of epoxide rings is 1. The predicted molar refractivity (Wildman–Crippen MR) is 92.7 cm³/mol. The number of hydrogen-bond donors (Lipinski definition) is 1. The molecule has 5 nitrogen and oxygen atoms in total. The molecule has 7 rings (SSSR count). The van der Waals surface area contributed by atoms with Crippen molar-refractivity contribution in [3.8, 4) is 11.5 Å². The molecule has 3 heterocycles. The van der Waals surface area contributed by atoms with E-state index < -0.39 is 23.6 Å². The van der Waals surface area contributed by atoms with Crippen LogP contribution >= 0.6 is 15.9 Å².